The Hall–Kier alpha value is -0.540. The van der Waals surface area contributed by atoms with Gasteiger partial charge in [0.05, 0.1) is 6.61 Å². The van der Waals surface area contributed by atoms with Crippen LogP contribution >= 0.6 is 15.9 Å². The second kappa shape index (κ2) is 7.15. The molecule has 0 radical (unpaired) electrons. The molecule has 1 aromatic carbocycles. The first kappa shape index (κ1) is 16.8. The first-order valence-corrected chi connectivity index (χ1v) is 8.98. The maximum absolute atomic E-state index is 13.9. The number of hydrogen-bond donors (Lipinski definition) is 2. The van der Waals surface area contributed by atoms with E-state index in [1.165, 1.54) is 12.1 Å². The zero-order valence-corrected chi connectivity index (χ0v) is 13.8. The molecule has 0 spiro atoms. The van der Waals surface area contributed by atoms with Crippen LogP contribution in [0.4, 0.5) is 4.39 Å². The number of aliphatic hydroxyl groups is 1. The van der Waals surface area contributed by atoms with Crippen molar-refractivity contribution in [1.82, 2.24) is 9.62 Å². The Kier molecular flexibility index (Phi) is 5.73. The normalized spacial score (nSPS) is 19.3. The van der Waals surface area contributed by atoms with Gasteiger partial charge in [0.2, 0.25) is 10.0 Å². The van der Waals surface area contributed by atoms with Gasteiger partial charge in [-0.15, -0.1) is 0 Å². The van der Waals surface area contributed by atoms with Gasteiger partial charge >= 0.3 is 0 Å². The van der Waals surface area contributed by atoms with E-state index in [4.69, 9.17) is 5.11 Å². The first-order valence-electron chi connectivity index (χ1n) is 6.74. The molecule has 2 N–H and O–H groups in total. The molecule has 1 fully saturated rings. The van der Waals surface area contributed by atoms with E-state index in [1.54, 1.807) is 0 Å². The van der Waals surface area contributed by atoms with Crippen molar-refractivity contribution >= 4 is 26.0 Å². The van der Waals surface area contributed by atoms with Crippen molar-refractivity contribution in [3.05, 3.63) is 28.5 Å². The zero-order valence-electron chi connectivity index (χ0n) is 11.4. The molecule has 1 aromatic rings. The molecule has 21 heavy (non-hydrogen) atoms. The van der Waals surface area contributed by atoms with Gasteiger partial charge in [-0.3, -0.25) is 0 Å². The van der Waals surface area contributed by atoms with Crippen LogP contribution in [0.25, 0.3) is 0 Å². The molecule has 0 saturated carbocycles. The Morgan fingerprint density at radius 2 is 2.24 bits per heavy atom. The Balaban J connectivity index is 2.27. The topological polar surface area (TPSA) is 69.6 Å². The highest BCUT2D eigenvalue weighted by Crippen LogP contribution is 2.23. The molecule has 1 atom stereocenters. The largest absolute Gasteiger partial charge is 0.395 e. The van der Waals surface area contributed by atoms with Crippen LogP contribution < -0.4 is 5.32 Å². The maximum Gasteiger partial charge on any atom is 0.246 e. The third kappa shape index (κ3) is 4.01. The Bertz CT molecular complexity index is 591. The molecule has 0 aliphatic carbocycles. The summed E-state index contributed by atoms with van der Waals surface area (Å²) in [7, 11) is -3.96. The molecule has 1 unspecified atom stereocenters. The summed E-state index contributed by atoms with van der Waals surface area (Å²) in [6, 6.07) is 3.89. The van der Waals surface area contributed by atoms with Gasteiger partial charge in [-0.1, -0.05) is 15.9 Å². The minimum atomic E-state index is -3.96. The quantitative estimate of drug-likeness (QED) is 0.780. The summed E-state index contributed by atoms with van der Waals surface area (Å²) in [5.74, 6) is -0.799. The lowest BCUT2D eigenvalue weighted by Crippen LogP contribution is -2.42. The molecule has 118 valence electrons. The van der Waals surface area contributed by atoms with Crippen LogP contribution in [-0.2, 0) is 10.0 Å². The van der Waals surface area contributed by atoms with Crippen LogP contribution in [0.2, 0.25) is 0 Å². The van der Waals surface area contributed by atoms with Gasteiger partial charge in [0.1, 0.15) is 10.7 Å². The molecule has 1 aliphatic rings. The number of halogens is 2. The number of rotatable bonds is 6. The van der Waals surface area contributed by atoms with E-state index in [0.717, 1.165) is 29.8 Å². The SMILES string of the molecule is O=S(=O)(c1ccc(Br)cc1F)N(CCO)CC1CCCN1. The van der Waals surface area contributed by atoms with E-state index in [9.17, 15) is 12.8 Å². The lowest BCUT2D eigenvalue weighted by molar-refractivity contribution is 0.246. The van der Waals surface area contributed by atoms with Crippen molar-refractivity contribution in [1.29, 1.82) is 0 Å². The van der Waals surface area contributed by atoms with Gasteiger partial charge < -0.3 is 10.4 Å². The van der Waals surface area contributed by atoms with E-state index < -0.39 is 15.8 Å². The summed E-state index contributed by atoms with van der Waals surface area (Å²) in [4.78, 5) is -0.364. The molecule has 5 nitrogen and oxygen atoms in total. The predicted molar refractivity (Wildman–Crippen MR) is 81.0 cm³/mol. The first-order chi connectivity index (χ1) is 9.95. The highest BCUT2D eigenvalue weighted by molar-refractivity contribution is 9.10. The Morgan fingerprint density at radius 3 is 2.81 bits per heavy atom. The minimum Gasteiger partial charge on any atom is -0.395 e. The van der Waals surface area contributed by atoms with E-state index in [1.807, 2.05) is 0 Å². The van der Waals surface area contributed by atoms with Crippen LogP contribution in [0.15, 0.2) is 27.6 Å². The Morgan fingerprint density at radius 1 is 1.48 bits per heavy atom. The molecule has 1 saturated heterocycles. The predicted octanol–water partition coefficient (Wildman–Crippen LogP) is 1.32. The molecule has 0 amide bonds. The molecule has 1 aliphatic heterocycles. The number of aliphatic hydroxyl groups excluding tert-OH is 1. The second-order valence-corrected chi connectivity index (χ2v) is 7.78. The van der Waals surface area contributed by atoms with Crippen LogP contribution in [-0.4, -0.2) is 50.1 Å². The van der Waals surface area contributed by atoms with Crippen LogP contribution in [0.1, 0.15) is 12.8 Å². The van der Waals surface area contributed by atoms with Gasteiger partial charge in [0.25, 0.3) is 0 Å². The maximum atomic E-state index is 13.9. The van der Waals surface area contributed by atoms with Crippen LogP contribution in [0.5, 0.6) is 0 Å². The van der Waals surface area contributed by atoms with E-state index in [-0.39, 0.29) is 30.6 Å². The van der Waals surface area contributed by atoms with Gasteiger partial charge in [-0.25, -0.2) is 12.8 Å². The molecular formula is C13H18BrFN2O3S. The highest BCUT2D eigenvalue weighted by atomic mass is 79.9. The third-order valence-corrected chi connectivity index (χ3v) is 5.84. The lowest BCUT2D eigenvalue weighted by Gasteiger charge is -2.24. The smallest absolute Gasteiger partial charge is 0.246 e. The molecule has 1 heterocycles. The Labute approximate surface area is 132 Å². The molecule has 0 aromatic heterocycles. The summed E-state index contributed by atoms with van der Waals surface area (Å²) < 4.78 is 40.7. The monoisotopic (exact) mass is 380 g/mol. The minimum absolute atomic E-state index is 0.0456. The third-order valence-electron chi connectivity index (χ3n) is 3.45. The van der Waals surface area contributed by atoms with Crippen molar-refractivity contribution in [3.63, 3.8) is 0 Å². The number of hydrogen-bond acceptors (Lipinski definition) is 4. The number of nitrogens with zero attached hydrogens (tertiary/aromatic N) is 1. The molecule has 2 rings (SSSR count). The number of benzene rings is 1. The van der Waals surface area contributed by atoms with Gasteiger partial charge in [-0.2, -0.15) is 4.31 Å². The van der Waals surface area contributed by atoms with E-state index in [0.29, 0.717) is 4.47 Å². The average molecular weight is 381 g/mol. The molecular weight excluding hydrogens is 363 g/mol. The summed E-state index contributed by atoms with van der Waals surface area (Å²) in [6.45, 7) is 0.739. The fourth-order valence-electron chi connectivity index (χ4n) is 2.40. The molecule has 0 bridgehead atoms. The van der Waals surface area contributed by atoms with Gasteiger partial charge in [0.15, 0.2) is 0 Å². The average Bonchev–Trinajstić information content (AvgIpc) is 2.90. The van der Waals surface area contributed by atoms with E-state index >= 15 is 0 Å². The number of sulfonamides is 1. The van der Waals surface area contributed by atoms with Gasteiger partial charge in [0, 0.05) is 23.6 Å². The van der Waals surface area contributed by atoms with Crippen molar-refractivity contribution < 1.29 is 17.9 Å². The van der Waals surface area contributed by atoms with Crippen molar-refractivity contribution in [2.24, 2.45) is 0 Å². The number of nitrogens with one attached hydrogen (secondary N) is 1. The van der Waals surface area contributed by atoms with Crippen LogP contribution in [0, 0.1) is 5.82 Å². The summed E-state index contributed by atoms with van der Waals surface area (Å²) in [6.07, 6.45) is 1.87. The van der Waals surface area contributed by atoms with Crippen molar-refractivity contribution in [2.45, 2.75) is 23.8 Å². The summed E-state index contributed by atoms with van der Waals surface area (Å²) >= 11 is 3.10. The van der Waals surface area contributed by atoms with Crippen LogP contribution in [0.3, 0.4) is 0 Å². The fourth-order valence-corrected chi connectivity index (χ4v) is 4.26. The highest BCUT2D eigenvalue weighted by Gasteiger charge is 2.30. The standard InChI is InChI=1S/C13H18BrFN2O3S/c14-10-3-4-13(12(15)8-10)21(19,20)17(6-7-18)9-11-2-1-5-16-11/h3-4,8,11,16,18H,1-2,5-7,9H2. The van der Waals surface area contributed by atoms with Gasteiger partial charge in [-0.05, 0) is 37.6 Å². The van der Waals surface area contributed by atoms with Crippen molar-refractivity contribution in [2.75, 3.05) is 26.2 Å². The fraction of sp³-hybridized carbons (Fsp3) is 0.538. The lowest BCUT2D eigenvalue weighted by atomic mass is 10.2. The zero-order chi connectivity index (χ0) is 15.5. The summed E-state index contributed by atoms with van der Waals surface area (Å²) in [5, 5.41) is 12.3. The van der Waals surface area contributed by atoms with E-state index in [2.05, 4.69) is 21.2 Å². The molecule has 8 heteroatoms. The summed E-state index contributed by atoms with van der Waals surface area (Å²) in [5.41, 5.74) is 0. The second-order valence-electron chi connectivity index (χ2n) is 4.95. The van der Waals surface area contributed by atoms with Crippen molar-refractivity contribution in [3.8, 4) is 0 Å².